The molecule has 46 heavy (non-hydrogen) atoms. The topological polar surface area (TPSA) is 74.6 Å². The van der Waals surface area contributed by atoms with Crippen molar-refractivity contribution in [1.29, 1.82) is 0 Å². The number of sulfone groups is 1. The second-order valence-electron chi connectivity index (χ2n) is 17.2. The molecule has 5 fully saturated rings. The Bertz CT molecular complexity index is 1340. The highest BCUT2D eigenvalue weighted by Crippen LogP contribution is 2.69. The second-order valence-corrected chi connectivity index (χ2v) is 19.3. The Labute approximate surface area is 275 Å². The molecule has 0 bridgehead atoms. The zero-order chi connectivity index (χ0) is 33.3. The van der Waals surface area contributed by atoms with Crippen LogP contribution in [0.4, 0.5) is 13.2 Å². The zero-order valence-electron chi connectivity index (χ0n) is 28.4. The lowest BCUT2D eigenvalue weighted by molar-refractivity contribution is -0.290. The Morgan fingerprint density at radius 1 is 0.848 bits per heavy atom. The number of aliphatic hydroxyl groups is 2. The van der Waals surface area contributed by atoms with Gasteiger partial charge in [-0.3, -0.25) is 0 Å². The van der Waals surface area contributed by atoms with Gasteiger partial charge in [0.05, 0.1) is 15.7 Å². The van der Waals surface area contributed by atoms with Gasteiger partial charge in [0, 0.05) is 0 Å². The molecule has 260 valence electrons. The number of halogens is 3. The molecular formula is C38H57F3O4S. The van der Waals surface area contributed by atoms with Crippen LogP contribution in [-0.2, 0) is 9.84 Å². The number of benzene rings is 1. The van der Waals surface area contributed by atoms with E-state index >= 15 is 0 Å². The third-order valence-electron chi connectivity index (χ3n) is 15.2. The average molecular weight is 667 g/mol. The molecule has 0 aliphatic heterocycles. The van der Waals surface area contributed by atoms with Crippen molar-refractivity contribution in [3.8, 4) is 0 Å². The minimum absolute atomic E-state index is 0.0436. The molecule has 1 aromatic rings. The maximum atomic E-state index is 14.5. The van der Waals surface area contributed by atoms with Crippen molar-refractivity contribution in [2.24, 2.45) is 52.3 Å². The molecule has 4 nitrogen and oxygen atoms in total. The van der Waals surface area contributed by atoms with E-state index in [0.29, 0.717) is 47.8 Å². The van der Waals surface area contributed by atoms with E-state index in [2.05, 4.69) is 27.7 Å². The summed E-state index contributed by atoms with van der Waals surface area (Å²) in [7, 11) is -3.71. The Morgan fingerprint density at radius 2 is 1.50 bits per heavy atom. The highest BCUT2D eigenvalue weighted by Gasteiger charge is 2.65. The van der Waals surface area contributed by atoms with Crippen LogP contribution in [0.5, 0.6) is 0 Å². The van der Waals surface area contributed by atoms with Gasteiger partial charge in [-0.1, -0.05) is 52.3 Å². The zero-order valence-corrected chi connectivity index (χ0v) is 29.2. The molecule has 2 unspecified atom stereocenters. The van der Waals surface area contributed by atoms with Crippen molar-refractivity contribution in [2.75, 3.05) is 0 Å². The first-order chi connectivity index (χ1) is 21.5. The maximum absolute atomic E-state index is 14.5. The van der Waals surface area contributed by atoms with Gasteiger partial charge in [0.25, 0.3) is 0 Å². The van der Waals surface area contributed by atoms with Gasteiger partial charge in [0.1, 0.15) is 0 Å². The van der Waals surface area contributed by atoms with Gasteiger partial charge >= 0.3 is 6.18 Å². The highest BCUT2D eigenvalue weighted by atomic mass is 32.2. The van der Waals surface area contributed by atoms with E-state index in [-0.39, 0.29) is 47.8 Å². The van der Waals surface area contributed by atoms with E-state index in [9.17, 15) is 31.8 Å². The van der Waals surface area contributed by atoms with E-state index < -0.39 is 32.5 Å². The van der Waals surface area contributed by atoms with Gasteiger partial charge in [0.15, 0.2) is 15.4 Å². The minimum Gasteiger partial charge on any atom is -0.390 e. The Hall–Kier alpha value is -1.12. The number of fused-ring (bicyclic) bond motifs is 5. The quantitative estimate of drug-likeness (QED) is 0.305. The molecule has 5 aliphatic rings. The average Bonchev–Trinajstić information content (AvgIpc) is 3.37. The lowest BCUT2D eigenvalue weighted by Gasteiger charge is -2.62. The minimum atomic E-state index is -4.59. The number of hydrogen-bond donors (Lipinski definition) is 2. The van der Waals surface area contributed by atoms with E-state index in [4.69, 9.17) is 0 Å². The molecule has 0 amide bonds. The number of hydrogen-bond acceptors (Lipinski definition) is 4. The third-order valence-corrected chi connectivity index (χ3v) is 17.5. The SMILES string of the molecule is CCC1CCC(O)(CC([C@@H](C)[C@H]2CCC3[C@@H]4CC[C@H]5C[C@](O)(C(F)(F)F)CC[C@]5(C)[C@H]4CC[C@@]32C)S(=O)(=O)c2ccccc2)CC1. The Kier molecular flexibility index (Phi) is 9.09. The van der Waals surface area contributed by atoms with Gasteiger partial charge in [-0.15, -0.1) is 0 Å². The molecular weight excluding hydrogens is 609 g/mol. The first-order valence-electron chi connectivity index (χ1n) is 18.3. The number of rotatable bonds is 7. The van der Waals surface area contributed by atoms with E-state index in [0.717, 1.165) is 57.8 Å². The monoisotopic (exact) mass is 666 g/mol. The fourth-order valence-electron chi connectivity index (χ4n) is 12.2. The second kappa shape index (κ2) is 12.0. The van der Waals surface area contributed by atoms with Crippen molar-refractivity contribution in [3.63, 3.8) is 0 Å². The summed E-state index contributed by atoms with van der Waals surface area (Å²) < 4.78 is 70.5. The van der Waals surface area contributed by atoms with Gasteiger partial charge in [-0.05, 0) is 154 Å². The lowest BCUT2D eigenvalue weighted by Crippen LogP contribution is -2.59. The molecule has 8 heteroatoms. The van der Waals surface area contributed by atoms with Gasteiger partial charge in [-0.2, -0.15) is 13.2 Å². The molecule has 0 aromatic heterocycles. The summed E-state index contributed by atoms with van der Waals surface area (Å²) in [4.78, 5) is 0.337. The summed E-state index contributed by atoms with van der Waals surface area (Å²) in [6.07, 6.45) is 5.46. The Morgan fingerprint density at radius 3 is 2.13 bits per heavy atom. The standard InChI is InChI=1S/C38H57F3O4S/c1-5-26-15-19-36(42,20-16-26)24-33(46(44,45)28-9-7-6-8-10-28)25(2)30-13-14-31-29-12-11-27-23-37(43,38(39,40)41)22-21-34(27,3)32(29)17-18-35(30,31)4/h6-10,25-27,29-33,42-43H,5,11-24H2,1-4H3/t25-,26?,27-,29-,30+,31?,32-,33?,34-,35+,36?,37-/m0/s1. The summed E-state index contributed by atoms with van der Waals surface area (Å²) in [6.45, 7) is 8.91. The van der Waals surface area contributed by atoms with E-state index in [1.807, 2.05) is 6.07 Å². The molecule has 2 N–H and O–H groups in total. The van der Waals surface area contributed by atoms with Crippen LogP contribution in [0.25, 0.3) is 0 Å². The summed E-state index contributed by atoms with van der Waals surface area (Å²) >= 11 is 0. The normalized spacial score (nSPS) is 44.5. The molecule has 0 spiro atoms. The van der Waals surface area contributed by atoms with E-state index in [1.165, 1.54) is 0 Å². The van der Waals surface area contributed by atoms with Crippen LogP contribution in [0.3, 0.4) is 0 Å². The van der Waals surface area contributed by atoms with Crippen LogP contribution in [0.1, 0.15) is 124 Å². The van der Waals surface area contributed by atoms with Crippen molar-refractivity contribution < 1.29 is 31.8 Å². The van der Waals surface area contributed by atoms with Crippen LogP contribution in [0, 0.1) is 52.3 Å². The van der Waals surface area contributed by atoms with Crippen LogP contribution >= 0.6 is 0 Å². The fraction of sp³-hybridized carbons (Fsp3) is 0.842. The van der Waals surface area contributed by atoms with Gasteiger partial charge in [-0.25, -0.2) is 8.42 Å². The molecule has 0 heterocycles. The largest absolute Gasteiger partial charge is 0.417 e. The molecule has 5 saturated carbocycles. The van der Waals surface area contributed by atoms with E-state index in [1.54, 1.807) is 24.3 Å². The lowest BCUT2D eigenvalue weighted by atomic mass is 9.43. The smallest absolute Gasteiger partial charge is 0.390 e. The predicted molar refractivity (Wildman–Crippen MR) is 175 cm³/mol. The number of alkyl halides is 3. The molecule has 5 aliphatic carbocycles. The molecule has 6 rings (SSSR count). The molecule has 1 aromatic carbocycles. The highest BCUT2D eigenvalue weighted by molar-refractivity contribution is 7.92. The van der Waals surface area contributed by atoms with Crippen LogP contribution in [0.15, 0.2) is 35.2 Å². The van der Waals surface area contributed by atoms with Crippen LogP contribution in [0.2, 0.25) is 0 Å². The predicted octanol–water partition coefficient (Wildman–Crippen LogP) is 9.14. The summed E-state index contributed by atoms with van der Waals surface area (Å²) in [5, 5.41) is 21.8. The first kappa shape index (κ1) is 34.7. The fourth-order valence-corrected chi connectivity index (χ4v) is 14.4. The van der Waals surface area contributed by atoms with Crippen molar-refractivity contribution in [2.45, 2.75) is 152 Å². The first-order valence-corrected chi connectivity index (χ1v) is 19.8. The van der Waals surface area contributed by atoms with Gasteiger partial charge in [0.2, 0.25) is 0 Å². The summed E-state index contributed by atoms with van der Waals surface area (Å²) in [5.41, 5.74) is -3.79. The molecule has 0 radical (unpaired) electrons. The summed E-state index contributed by atoms with van der Waals surface area (Å²) in [6, 6.07) is 8.79. The van der Waals surface area contributed by atoms with Crippen LogP contribution < -0.4 is 0 Å². The molecule has 10 atom stereocenters. The maximum Gasteiger partial charge on any atom is 0.417 e. The van der Waals surface area contributed by atoms with Crippen molar-refractivity contribution >= 4 is 9.84 Å². The third kappa shape index (κ3) is 5.70. The van der Waals surface area contributed by atoms with Crippen LogP contribution in [-0.4, -0.2) is 41.3 Å². The van der Waals surface area contributed by atoms with Crippen molar-refractivity contribution in [1.82, 2.24) is 0 Å². The van der Waals surface area contributed by atoms with Crippen molar-refractivity contribution in [3.05, 3.63) is 30.3 Å². The van der Waals surface area contributed by atoms with Gasteiger partial charge < -0.3 is 10.2 Å². The molecule has 0 saturated heterocycles. The summed E-state index contributed by atoms with van der Waals surface area (Å²) in [5.74, 6) is 1.72. The Balaban J connectivity index is 1.25.